The second kappa shape index (κ2) is 9.64. The van der Waals surface area contributed by atoms with Crippen LogP contribution in [0.2, 0.25) is 0 Å². The summed E-state index contributed by atoms with van der Waals surface area (Å²) >= 11 is 0. The van der Waals surface area contributed by atoms with E-state index in [1.165, 1.54) is 0 Å². The summed E-state index contributed by atoms with van der Waals surface area (Å²) in [5.74, 6) is 0.363. The van der Waals surface area contributed by atoms with Crippen molar-refractivity contribution >= 4 is 5.91 Å². The van der Waals surface area contributed by atoms with Gasteiger partial charge in [-0.3, -0.25) is 14.7 Å². The van der Waals surface area contributed by atoms with Crippen LogP contribution in [0.4, 0.5) is 0 Å². The molecule has 24 heavy (non-hydrogen) atoms. The summed E-state index contributed by atoms with van der Waals surface area (Å²) in [5, 5.41) is 17.5. The summed E-state index contributed by atoms with van der Waals surface area (Å²) in [4.78, 5) is 20.8. The summed E-state index contributed by atoms with van der Waals surface area (Å²) in [6, 6.07) is 10.1. The van der Waals surface area contributed by atoms with Crippen molar-refractivity contribution in [2.75, 3.05) is 32.7 Å². The zero-order valence-electron chi connectivity index (χ0n) is 13.9. The van der Waals surface area contributed by atoms with Gasteiger partial charge in [0.25, 0.3) is 0 Å². The molecule has 6 heteroatoms. The summed E-state index contributed by atoms with van der Waals surface area (Å²) < 4.78 is 0. The van der Waals surface area contributed by atoms with Gasteiger partial charge < -0.3 is 4.90 Å². The van der Waals surface area contributed by atoms with Crippen LogP contribution in [0, 0.1) is 22.7 Å². The molecule has 1 fully saturated rings. The van der Waals surface area contributed by atoms with E-state index in [0.717, 1.165) is 31.6 Å². The fourth-order valence-electron chi connectivity index (χ4n) is 3.08. The third-order valence-electron chi connectivity index (χ3n) is 4.31. The molecule has 6 nitrogen and oxygen atoms in total. The Morgan fingerprint density at radius 1 is 1.29 bits per heavy atom. The van der Waals surface area contributed by atoms with Crippen molar-refractivity contribution in [1.82, 2.24) is 14.8 Å². The zero-order chi connectivity index (χ0) is 17.2. The molecule has 1 aliphatic heterocycles. The number of aromatic nitrogens is 1. The maximum absolute atomic E-state index is 12.5. The van der Waals surface area contributed by atoms with E-state index in [9.17, 15) is 4.79 Å². The largest absolute Gasteiger partial charge is 0.340 e. The zero-order valence-corrected chi connectivity index (χ0v) is 13.9. The molecule has 1 aromatic rings. The molecule has 1 saturated heterocycles. The standard InChI is InChI=1S/C18H23N5O/c19-8-4-12-23(13-5-9-20)18(24)15-22-11-3-6-16(14-22)17-7-1-2-10-21-17/h1-2,7,10,16H,3-6,11-15H2/t16-/m1/s1. The van der Waals surface area contributed by atoms with Crippen molar-refractivity contribution in [3.8, 4) is 12.1 Å². The SMILES string of the molecule is N#CCCN(CCC#N)C(=O)CN1CCC[C@@H](c2ccccn2)C1. The molecule has 2 heterocycles. The third-order valence-corrected chi connectivity index (χ3v) is 4.31. The Morgan fingerprint density at radius 2 is 2.04 bits per heavy atom. The van der Waals surface area contributed by atoms with Crippen molar-refractivity contribution < 1.29 is 4.79 Å². The normalized spacial score (nSPS) is 17.7. The first-order chi connectivity index (χ1) is 11.7. The molecule has 0 aromatic carbocycles. The molecular formula is C18H23N5O. The lowest BCUT2D eigenvalue weighted by molar-refractivity contribution is -0.132. The molecule has 126 valence electrons. The van der Waals surface area contributed by atoms with E-state index in [2.05, 4.69) is 22.0 Å². The molecule has 1 aromatic heterocycles. The summed E-state index contributed by atoms with van der Waals surface area (Å²) in [5.41, 5.74) is 1.08. The van der Waals surface area contributed by atoms with Gasteiger partial charge in [-0.15, -0.1) is 0 Å². The molecule has 1 aliphatic rings. The van der Waals surface area contributed by atoms with E-state index in [1.54, 1.807) is 4.90 Å². The van der Waals surface area contributed by atoms with Gasteiger partial charge in [-0.2, -0.15) is 10.5 Å². The van der Waals surface area contributed by atoms with E-state index in [4.69, 9.17) is 10.5 Å². The third kappa shape index (κ3) is 5.33. The number of carbonyl (C=O) groups excluding carboxylic acids is 1. The van der Waals surface area contributed by atoms with Crippen LogP contribution < -0.4 is 0 Å². The number of piperidine rings is 1. The van der Waals surface area contributed by atoms with Crippen molar-refractivity contribution in [2.24, 2.45) is 0 Å². The van der Waals surface area contributed by atoms with E-state index in [-0.39, 0.29) is 5.91 Å². The molecule has 0 N–H and O–H groups in total. The summed E-state index contributed by atoms with van der Waals surface area (Å²) in [6.45, 7) is 2.87. The molecule has 0 spiro atoms. The van der Waals surface area contributed by atoms with Gasteiger partial charge in [0, 0.05) is 37.4 Å². The average Bonchev–Trinajstić information content (AvgIpc) is 2.63. The van der Waals surface area contributed by atoms with Crippen molar-refractivity contribution in [3.05, 3.63) is 30.1 Å². The number of rotatable bonds is 7. The Balaban J connectivity index is 1.91. The second-order valence-corrected chi connectivity index (χ2v) is 6.03. The Hall–Kier alpha value is -2.44. The van der Waals surface area contributed by atoms with Crippen LogP contribution in [0.25, 0.3) is 0 Å². The molecule has 0 radical (unpaired) electrons. The molecule has 0 saturated carbocycles. The quantitative estimate of drug-likeness (QED) is 0.764. The average molecular weight is 325 g/mol. The molecular weight excluding hydrogens is 302 g/mol. The predicted molar refractivity (Wildman–Crippen MR) is 89.7 cm³/mol. The van der Waals surface area contributed by atoms with Gasteiger partial charge in [0.1, 0.15) is 0 Å². The molecule has 1 atom stereocenters. The molecule has 0 aliphatic carbocycles. The minimum Gasteiger partial charge on any atom is -0.340 e. The number of pyridine rings is 1. The Labute approximate surface area is 143 Å². The van der Waals surface area contributed by atoms with Gasteiger partial charge >= 0.3 is 0 Å². The first-order valence-corrected chi connectivity index (χ1v) is 8.39. The van der Waals surface area contributed by atoms with Gasteiger partial charge in [-0.05, 0) is 31.5 Å². The van der Waals surface area contributed by atoms with Crippen LogP contribution in [0.15, 0.2) is 24.4 Å². The molecule has 0 unspecified atom stereocenters. The fraction of sp³-hybridized carbons (Fsp3) is 0.556. The van der Waals surface area contributed by atoms with Crippen LogP contribution in [0.3, 0.4) is 0 Å². The first-order valence-electron chi connectivity index (χ1n) is 8.39. The van der Waals surface area contributed by atoms with Gasteiger partial charge in [-0.25, -0.2) is 0 Å². The number of hydrogen-bond acceptors (Lipinski definition) is 5. The van der Waals surface area contributed by atoms with Gasteiger partial charge in [-0.1, -0.05) is 6.07 Å². The van der Waals surface area contributed by atoms with E-state index < -0.39 is 0 Å². The maximum atomic E-state index is 12.5. The topological polar surface area (TPSA) is 84.0 Å². The van der Waals surface area contributed by atoms with Crippen molar-refractivity contribution in [2.45, 2.75) is 31.6 Å². The highest BCUT2D eigenvalue weighted by molar-refractivity contribution is 5.78. The Morgan fingerprint density at radius 3 is 2.67 bits per heavy atom. The van der Waals surface area contributed by atoms with Gasteiger partial charge in [0.2, 0.25) is 5.91 Å². The Bertz CT molecular complexity index is 586. The predicted octanol–water partition coefficient (Wildman–Crippen LogP) is 1.92. The number of amides is 1. The molecule has 1 amide bonds. The number of nitrogens with zero attached hydrogens (tertiary/aromatic N) is 5. The van der Waals surface area contributed by atoms with E-state index >= 15 is 0 Å². The van der Waals surface area contributed by atoms with Crippen LogP contribution in [-0.4, -0.2) is 53.4 Å². The van der Waals surface area contributed by atoms with Gasteiger partial charge in [0.15, 0.2) is 0 Å². The Kier molecular flexibility index (Phi) is 7.20. The maximum Gasteiger partial charge on any atom is 0.236 e. The minimum atomic E-state index is 0.00201. The van der Waals surface area contributed by atoms with E-state index in [1.807, 2.05) is 24.4 Å². The summed E-state index contributed by atoms with van der Waals surface area (Å²) in [7, 11) is 0. The lowest BCUT2D eigenvalue weighted by atomic mass is 9.94. The van der Waals surface area contributed by atoms with Crippen LogP contribution in [0.1, 0.15) is 37.3 Å². The molecule has 0 bridgehead atoms. The highest BCUT2D eigenvalue weighted by Crippen LogP contribution is 2.25. The van der Waals surface area contributed by atoms with Crippen molar-refractivity contribution in [1.29, 1.82) is 10.5 Å². The lowest BCUT2D eigenvalue weighted by Gasteiger charge is -2.33. The summed E-state index contributed by atoms with van der Waals surface area (Å²) in [6.07, 6.45) is 4.55. The fourth-order valence-corrected chi connectivity index (χ4v) is 3.08. The smallest absolute Gasteiger partial charge is 0.236 e. The first kappa shape index (κ1) is 17.9. The lowest BCUT2D eigenvalue weighted by Crippen LogP contribution is -2.44. The highest BCUT2D eigenvalue weighted by atomic mass is 16.2. The number of carbonyl (C=O) groups is 1. The number of nitriles is 2. The highest BCUT2D eigenvalue weighted by Gasteiger charge is 2.25. The molecule has 2 rings (SSSR count). The van der Waals surface area contributed by atoms with Crippen LogP contribution >= 0.6 is 0 Å². The number of likely N-dealkylation sites (tertiary alicyclic amines) is 1. The minimum absolute atomic E-state index is 0.00201. The van der Waals surface area contributed by atoms with Crippen LogP contribution in [-0.2, 0) is 4.79 Å². The van der Waals surface area contributed by atoms with Crippen LogP contribution in [0.5, 0.6) is 0 Å². The number of hydrogen-bond donors (Lipinski definition) is 0. The second-order valence-electron chi connectivity index (χ2n) is 6.03. The van der Waals surface area contributed by atoms with Crippen molar-refractivity contribution in [3.63, 3.8) is 0 Å². The van der Waals surface area contributed by atoms with E-state index in [0.29, 0.717) is 38.4 Å². The monoisotopic (exact) mass is 325 g/mol. The van der Waals surface area contributed by atoms with Gasteiger partial charge in [0.05, 0.1) is 31.5 Å².